The minimum absolute atomic E-state index is 0.104. The summed E-state index contributed by atoms with van der Waals surface area (Å²) in [5.41, 5.74) is 10.7. The zero-order valence-electron chi connectivity index (χ0n) is 7.70. The van der Waals surface area contributed by atoms with E-state index >= 15 is 0 Å². The number of unbranched alkanes of at least 4 members (excludes halogenated alkanes) is 1. The van der Waals surface area contributed by atoms with Crippen molar-refractivity contribution in [1.82, 2.24) is 15.0 Å². The molecule has 0 aliphatic heterocycles. The molecule has 0 saturated carbocycles. The van der Waals surface area contributed by atoms with Crippen LogP contribution in [0.4, 0.5) is 17.8 Å². The number of hydrogen-bond donors (Lipinski definition) is 4. The molecule has 6 N–H and O–H groups in total. The predicted octanol–water partition coefficient (Wildman–Crippen LogP) is -0.122. The van der Waals surface area contributed by atoms with Gasteiger partial charge in [-0.3, -0.25) is 0 Å². The average Bonchev–Trinajstić information content (AvgIpc) is 2.11. The molecule has 0 radical (unpaired) electrons. The van der Waals surface area contributed by atoms with Crippen molar-refractivity contribution in [3.8, 4) is 0 Å². The lowest BCUT2D eigenvalue weighted by Gasteiger charge is -2.03. The van der Waals surface area contributed by atoms with Crippen LogP contribution in [0.1, 0.15) is 12.8 Å². The van der Waals surface area contributed by atoms with Gasteiger partial charge in [0.2, 0.25) is 17.8 Å². The first-order chi connectivity index (χ1) is 6.72. The highest BCUT2D eigenvalue weighted by atomic mass is 15.2. The SMILES string of the molecule is N=CCCCNc1nc(N)nc(N)n1. The van der Waals surface area contributed by atoms with Crippen LogP contribution in [0.5, 0.6) is 0 Å². The smallest absolute Gasteiger partial charge is 0.229 e. The quantitative estimate of drug-likeness (QED) is 0.383. The van der Waals surface area contributed by atoms with Crippen LogP contribution in [0.2, 0.25) is 0 Å². The van der Waals surface area contributed by atoms with Crippen LogP contribution < -0.4 is 16.8 Å². The summed E-state index contributed by atoms with van der Waals surface area (Å²) in [7, 11) is 0. The minimum atomic E-state index is 0.104. The van der Waals surface area contributed by atoms with E-state index in [-0.39, 0.29) is 11.9 Å². The third-order valence-electron chi connectivity index (χ3n) is 1.48. The van der Waals surface area contributed by atoms with Crippen molar-refractivity contribution in [2.24, 2.45) is 0 Å². The lowest BCUT2D eigenvalue weighted by molar-refractivity contribution is 0.902. The molecule has 76 valence electrons. The molecule has 0 bridgehead atoms. The molecule has 1 aromatic heterocycles. The van der Waals surface area contributed by atoms with E-state index in [9.17, 15) is 0 Å². The molecule has 0 atom stereocenters. The van der Waals surface area contributed by atoms with Crippen LogP contribution in [0.3, 0.4) is 0 Å². The Morgan fingerprint density at radius 2 is 1.86 bits per heavy atom. The molecule has 7 nitrogen and oxygen atoms in total. The van der Waals surface area contributed by atoms with E-state index in [1.165, 1.54) is 6.21 Å². The summed E-state index contributed by atoms with van der Waals surface area (Å²) in [6.07, 6.45) is 2.93. The Balaban J connectivity index is 2.46. The third-order valence-corrected chi connectivity index (χ3v) is 1.48. The van der Waals surface area contributed by atoms with Gasteiger partial charge in [0.15, 0.2) is 0 Å². The Morgan fingerprint density at radius 1 is 1.21 bits per heavy atom. The zero-order chi connectivity index (χ0) is 10.4. The molecule has 0 saturated heterocycles. The summed E-state index contributed by atoms with van der Waals surface area (Å²) < 4.78 is 0. The molecule has 14 heavy (non-hydrogen) atoms. The number of anilines is 3. The van der Waals surface area contributed by atoms with Crippen molar-refractivity contribution in [3.05, 3.63) is 0 Å². The lowest BCUT2D eigenvalue weighted by Crippen LogP contribution is -2.10. The van der Waals surface area contributed by atoms with E-state index in [4.69, 9.17) is 16.9 Å². The number of rotatable bonds is 5. The largest absolute Gasteiger partial charge is 0.368 e. The molecular weight excluding hydrogens is 182 g/mol. The standard InChI is InChI=1S/C7H13N7/c8-3-1-2-4-11-7-13-5(9)12-6(10)14-7/h3,8H,1-2,4H2,(H5,9,10,11,12,13,14). The molecule has 1 heterocycles. The maximum absolute atomic E-state index is 6.82. The minimum Gasteiger partial charge on any atom is -0.368 e. The second-order valence-electron chi connectivity index (χ2n) is 2.65. The molecular formula is C7H13N7. The maximum atomic E-state index is 6.82. The van der Waals surface area contributed by atoms with Crippen molar-refractivity contribution in [2.45, 2.75) is 12.8 Å². The highest BCUT2D eigenvalue weighted by Crippen LogP contribution is 2.03. The molecule has 1 aromatic rings. The Bertz CT molecular complexity index is 291. The summed E-state index contributed by atoms with van der Waals surface area (Å²) in [6.45, 7) is 0.679. The summed E-state index contributed by atoms with van der Waals surface area (Å²) in [4.78, 5) is 11.3. The van der Waals surface area contributed by atoms with E-state index in [1.54, 1.807) is 0 Å². The van der Waals surface area contributed by atoms with Gasteiger partial charge in [-0.2, -0.15) is 15.0 Å². The highest BCUT2D eigenvalue weighted by Gasteiger charge is 1.99. The highest BCUT2D eigenvalue weighted by molar-refractivity contribution is 5.52. The van der Waals surface area contributed by atoms with Gasteiger partial charge >= 0.3 is 0 Å². The Labute approximate surface area is 81.5 Å². The molecule has 0 aliphatic carbocycles. The molecule has 0 aromatic carbocycles. The van der Waals surface area contributed by atoms with Crippen LogP contribution in [-0.2, 0) is 0 Å². The molecule has 0 fully saturated rings. The molecule has 0 unspecified atom stereocenters. The van der Waals surface area contributed by atoms with Crippen LogP contribution in [0, 0.1) is 5.41 Å². The summed E-state index contributed by atoms with van der Waals surface area (Å²) in [5.74, 6) is 0.582. The number of nitrogens with one attached hydrogen (secondary N) is 2. The lowest BCUT2D eigenvalue weighted by atomic mass is 10.3. The first-order valence-corrected chi connectivity index (χ1v) is 4.22. The Kier molecular flexibility index (Phi) is 3.59. The van der Waals surface area contributed by atoms with Gasteiger partial charge in [-0.15, -0.1) is 0 Å². The van der Waals surface area contributed by atoms with E-state index in [1.807, 2.05) is 0 Å². The van der Waals surface area contributed by atoms with Gasteiger partial charge in [-0.05, 0) is 19.1 Å². The predicted molar refractivity (Wildman–Crippen MR) is 55.2 cm³/mol. The van der Waals surface area contributed by atoms with E-state index in [0.29, 0.717) is 12.5 Å². The number of aromatic nitrogens is 3. The fourth-order valence-electron chi connectivity index (χ4n) is 0.893. The van der Waals surface area contributed by atoms with Crippen LogP contribution >= 0.6 is 0 Å². The zero-order valence-corrected chi connectivity index (χ0v) is 7.70. The van der Waals surface area contributed by atoms with Gasteiger partial charge in [0.25, 0.3) is 0 Å². The van der Waals surface area contributed by atoms with Crippen LogP contribution in [-0.4, -0.2) is 27.7 Å². The van der Waals surface area contributed by atoms with Gasteiger partial charge in [0, 0.05) is 6.54 Å². The van der Waals surface area contributed by atoms with Gasteiger partial charge in [-0.25, -0.2) is 0 Å². The number of hydrogen-bond acceptors (Lipinski definition) is 7. The van der Waals surface area contributed by atoms with Gasteiger partial charge in [-0.1, -0.05) is 0 Å². The van der Waals surface area contributed by atoms with E-state index in [2.05, 4.69) is 20.3 Å². The Morgan fingerprint density at radius 3 is 2.43 bits per heavy atom. The second-order valence-corrected chi connectivity index (χ2v) is 2.65. The first-order valence-electron chi connectivity index (χ1n) is 4.22. The average molecular weight is 195 g/mol. The number of nitrogens with two attached hydrogens (primary N) is 2. The first kappa shape index (κ1) is 10.2. The van der Waals surface area contributed by atoms with Gasteiger partial charge in [0.05, 0.1) is 0 Å². The summed E-state index contributed by atoms with van der Waals surface area (Å²) >= 11 is 0. The third kappa shape index (κ3) is 3.21. The van der Waals surface area contributed by atoms with Gasteiger partial charge in [0.1, 0.15) is 0 Å². The van der Waals surface area contributed by atoms with Crippen LogP contribution in [0.15, 0.2) is 0 Å². The fourth-order valence-corrected chi connectivity index (χ4v) is 0.893. The number of nitrogen functional groups attached to an aromatic ring is 2. The normalized spacial score (nSPS) is 9.71. The van der Waals surface area contributed by atoms with Crippen molar-refractivity contribution >= 4 is 24.1 Å². The number of nitrogens with zero attached hydrogens (tertiary/aromatic N) is 3. The summed E-state index contributed by atoms with van der Waals surface area (Å²) in [5, 5.41) is 9.76. The van der Waals surface area contributed by atoms with Gasteiger partial charge < -0.3 is 22.2 Å². The fraction of sp³-hybridized carbons (Fsp3) is 0.429. The topological polar surface area (TPSA) is 127 Å². The van der Waals surface area contributed by atoms with Crippen molar-refractivity contribution in [3.63, 3.8) is 0 Å². The molecule has 0 spiro atoms. The molecule has 0 aliphatic rings. The maximum Gasteiger partial charge on any atom is 0.229 e. The van der Waals surface area contributed by atoms with E-state index < -0.39 is 0 Å². The molecule has 1 rings (SSSR count). The monoisotopic (exact) mass is 195 g/mol. The van der Waals surface area contributed by atoms with Crippen molar-refractivity contribution in [1.29, 1.82) is 5.41 Å². The molecule has 7 heteroatoms. The van der Waals surface area contributed by atoms with Crippen LogP contribution in [0.25, 0.3) is 0 Å². The van der Waals surface area contributed by atoms with E-state index in [0.717, 1.165) is 12.8 Å². The van der Waals surface area contributed by atoms with Crippen molar-refractivity contribution < 1.29 is 0 Å². The second kappa shape index (κ2) is 4.95. The van der Waals surface area contributed by atoms with Crippen molar-refractivity contribution in [2.75, 3.05) is 23.3 Å². The Hall–Kier alpha value is -1.92. The summed E-state index contributed by atoms with van der Waals surface area (Å²) in [6, 6.07) is 0. The molecule has 0 amide bonds.